The van der Waals surface area contributed by atoms with E-state index in [4.69, 9.17) is 9.47 Å². The second kappa shape index (κ2) is 5.40. The topological polar surface area (TPSA) is 35.5 Å². The SMILES string of the molecule is CC(C)(C)OC(=O)Oc1cc(C(F)(F)F)ccc1Br. The van der Waals surface area contributed by atoms with Crippen LogP contribution in [-0.2, 0) is 10.9 Å². The van der Waals surface area contributed by atoms with Crippen molar-refractivity contribution in [2.24, 2.45) is 0 Å². The van der Waals surface area contributed by atoms with Gasteiger partial charge in [0.05, 0.1) is 10.0 Å². The molecule has 0 aromatic heterocycles. The molecule has 0 unspecified atom stereocenters. The van der Waals surface area contributed by atoms with Crippen LogP contribution in [0, 0.1) is 0 Å². The summed E-state index contributed by atoms with van der Waals surface area (Å²) in [5, 5.41) is 0. The molecule has 0 fully saturated rings. The first-order valence-electron chi connectivity index (χ1n) is 5.26. The summed E-state index contributed by atoms with van der Waals surface area (Å²) in [5.74, 6) is -0.246. The lowest BCUT2D eigenvalue weighted by molar-refractivity contribution is -0.137. The Labute approximate surface area is 116 Å². The monoisotopic (exact) mass is 340 g/mol. The molecule has 0 aliphatic heterocycles. The van der Waals surface area contributed by atoms with Crippen LogP contribution in [0.5, 0.6) is 5.75 Å². The summed E-state index contributed by atoms with van der Waals surface area (Å²) < 4.78 is 47.4. The van der Waals surface area contributed by atoms with Crippen molar-refractivity contribution in [3.8, 4) is 5.75 Å². The molecule has 0 atom stereocenters. The summed E-state index contributed by atoms with van der Waals surface area (Å²) >= 11 is 3.01. The van der Waals surface area contributed by atoms with E-state index in [0.29, 0.717) is 0 Å². The van der Waals surface area contributed by atoms with Gasteiger partial charge in [-0.25, -0.2) is 4.79 Å². The Balaban J connectivity index is 2.92. The van der Waals surface area contributed by atoms with Gasteiger partial charge in [-0.3, -0.25) is 0 Å². The summed E-state index contributed by atoms with van der Waals surface area (Å²) in [7, 11) is 0. The molecule has 3 nitrogen and oxygen atoms in total. The van der Waals surface area contributed by atoms with E-state index in [2.05, 4.69) is 15.9 Å². The average molecular weight is 341 g/mol. The molecule has 0 spiro atoms. The predicted octanol–water partition coefficient (Wildman–Crippen LogP) is 4.78. The fourth-order valence-corrected chi connectivity index (χ4v) is 1.45. The van der Waals surface area contributed by atoms with Crippen LogP contribution in [0.2, 0.25) is 0 Å². The number of ether oxygens (including phenoxy) is 2. The Morgan fingerprint density at radius 2 is 1.79 bits per heavy atom. The van der Waals surface area contributed by atoms with Crippen LogP contribution in [-0.4, -0.2) is 11.8 Å². The fourth-order valence-electron chi connectivity index (χ4n) is 1.12. The molecule has 106 valence electrons. The van der Waals surface area contributed by atoms with Gasteiger partial charge in [0.15, 0.2) is 0 Å². The zero-order chi connectivity index (χ0) is 14.8. The Bertz CT molecular complexity index is 478. The van der Waals surface area contributed by atoms with Gasteiger partial charge in [0.25, 0.3) is 0 Å². The molecule has 0 N–H and O–H groups in total. The largest absolute Gasteiger partial charge is 0.514 e. The summed E-state index contributed by atoms with van der Waals surface area (Å²) in [4.78, 5) is 11.4. The van der Waals surface area contributed by atoms with Gasteiger partial charge in [-0.2, -0.15) is 13.2 Å². The molecule has 7 heteroatoms. The molecule has 0 radical (unpaired) electrons. The highest BCUT2D eigenvalue weighted by atomic mass is 79.9. The second-order valence-corrected chi connectivity index (χ2v) is 5.56. The summed E-state index contributed by atoms with van der Waals surface area (Å²) in [6, 6.07) is 2.77. The molecule has 0 heterocycles. The quantitative estimate of drug-likeness (QED) is 0.545. The van der Waals surface area contributed by atoms with Crippen LogP contribution >= 0.6 is 15.9 Å². The van der Waals surface area contributed by atoms with Crippen LogP contribution in [0.4, 0.5) is 18.0 Å². The van der Waals surface area contributed by atoms with Crippen LogP contribution in [0.1, 0.15) is 26.3 Å². The maximum Gasteiger partial charge on any atom is 0.514 e. The summed E-state index contributed by atoms with van der Waals surface area (Å²) in [5.41, 5.74) is -1.69. The van der Waals surface area contributed by atoms with Gasteiger partial charge in [-0.05, 0) is 54.9 Å². The van der Waals surface area contributed by atoms with Crippen molar-refractivity contribution in [2.45, 2.75) is 32.5 Å². The Morgan fingerprint density at radius 1 is 1.21 bits per heavy atom. The minimum Gasteiger partial charge on any atom is -0.428 e. The maximum atomic E-state index is 12.5. The molecule has 0 aliphatic carbocycles. The van der Waals surface area contributed by atoms with E-state index in [9.17, 15) is 18.0 Å². The summed E-state index contributed by atoms with van der Waals surface area (Å²) in [6.07, 6.45) is -5.57. The lowest BCUT2D eigenvalue weighted by atomic mass is 10.2. The lowest BCUT2D eigenvalue weighted by Crippen LogP contribution is -2.26. The number of hydrogen-bond donors (Lipinski definition) is 0. The molecule has 0 bridgehead atoms. The zero-order valence-electron chi connectivity index (χ0n) is 10.5. The number of carbonyl (C=O) groups excluding carboxylic acids is 1. The molecule has 0 aliphatic rings. The number of halogens is 4. The van der Waals surface area contributed by atoms with E-state index in [-0.39, 0.29) is 10.2 Å². The van der Waals surface area contributed by atoms with Gasteiger partial charge in [0, 0.05) is 0 Å². The van der Waals surface area contributed by atoms with Crippen molar-refractivity contribution >= 4 is 22.1 Å². The average Bonchev–Trinajstić information content (AvgIpc) is 2.16. The lowest BCUT2D eigenvalue weighted by Gasteiger charge is -2.19. The highest BCUT2D eigenvalue weighted by Crippen LogP contribution is 2.35. The molecule has 1 aromatic carbocycles. The van der Waals surface area contributed by atoms with Crippen LogP contribution in [0.25, 0.3) is 0 Å². The number of benzene rings is 1. The molecule has 0 amide bonds. The number of carbonyl (C=O) groups is 1. The minimum atomic E-state index is -4.51. The van der Waals surface area contributed by atoms with Crippen molar-refractivity contribution in [1.29, 1.82) is 0 Å². The normalized spacial score (nSPS) is 12.2. The number of alkyl halides is 3. The predicted molar refractivity (Wildman–Crippen MR) is 66.0 cm³/mol. The first kappa shape index (κ1) is 15.8. The third kappa shape index (κ3) is 5.10. The van der Waals surface area contributed by atoms with Gasteiger partial charge in [0.2, 0.25) is 0 Å². The Morgan fingerprint density at radius 3 is 2.26 bits per heavy atom. The van der Waals surface area contributed by atoms with E-state index in [1.54, 1.807) is 20.8 Å². The van der Waals surface area contributed by atoms with Gasteiger partial charge >= 0.3 is 12.3 Å². The maximum absolute atomic E-state index is 12.5. The third-order valence-corrected chi connectivity index (χ3v) is 2.50. The molecular weight excluding hydrogens is 329 g/mol. The third-order valence-electron chi connectivity index (χ3n) is 1.84. The van der Waals surface area contributed by atoms with E-state index >= 15 is 0 Å². The summed E-state index contributed by atoms with van der Waals surface area (Å²) in [6.45, 7) is 4.86. The Kier molecular flexibility index (Phi) is 4.50. The molecule has 19 heavy (non-hydrogen) atoms. The molecule has 0 saturated carbocycles. The highest BCUT2D eigenvalue weighted by Gasteiger charge is 2.31. The molecule has 0 saturated heterocycles. The van der Waals surface area contributed by atoms with Gasteiger partial charge in [-0.15, -0.1) is 0 Å². The number of rotatable bonds is 1. The van der Waals surface area contributed by atoms with Crippen molar-refractivity contribution in [2.75, 3.05) is 0 Å². The van der Waals surface area contributed by atoms with Crippen LogP contribution in [0.3, 0.4) is 0 Å². The smallest absolute Gasteiger partial charge is 0.428 e. The zero-order valence-corrected chi connectivity index (χ0v) is 12.1. The molecular formula is C12H12BrF3O3. The Hall–Kier alpha value is -1.24. The van der Waals surface area contributed by atoms with E-state index in [0.717, 1.165) is 18.2 Å². The standard InChI is InChI=1S/C12H12BrF3O3/c1-11(2,3)19-10(17)18-9-6-7(12(14,15)16)4-5-8(9)13/h4-6H,1-3H3. The van der Waals surface area contributed by atoms with Gasteiger partial charge in [0.1, 0.15) is 11.4 Å². The van der Waals surface area contributed by atoms with Crippen molar-refractivity contribution in [1.82, 2.24) is 0 Å². The highest BCUT2D eigenvalue weighted by molar-refractivity contribution is 9.10. The van der Waals surface area contributed by atoms with Crippen LogP contribution in [0.15, 0.2) is 22.7 Å². The van der Waals surface area contributed by atoms with Crippen molar-refractivity contribution in [3.05, 3.63) is 28.2 Å². The number of hydrogen-bond acceptors (Lipinski definition) is 3. The van der Waals surface area contributed by atoms with Crippen LogP contribution < -0.4 is 4.74 Å². The fraction of sp³-hybridized carbons (Fsp3) is 0.417. The van der Waals surface area contributed by atoms with E-state index in [1.807, 2.05) is 0 Å². The van der Waals surface area contributed by atoms with Gasteiger partial charge in [-0.1, -0.05) is 0 Å². The van der Waals surface area contributed by atoms with Crippen molar-refractivity contribution in [3.63, 3.8) is 0 Å². The molecule has 1 aromatic rings. The second-order valence-electron chi connectivity index (χ2n) is 4.71. The molecule has 1 rings (SSSR count). The van der Waals surface area contributed by atoms with E-state index < -0.39 is 23.5 Å². The van der Waals surface area contributed by atoms with Crippen molar-refractivity contribution < 1.29 is 27.4 Å². The first-order chi connectivity index (χ1) is 8.49. The minimum absolute atomic E-state index is 0.228. The van der Waals surface area contributed by atoms with Gasteiger partial charge < -0.3 is 9.47 Å². The first-order valence-corrected chi connectivity index (χ1v) is 6.06. The van der Waals surface area contributed by atoms with E-state index in [1.165, 1.54) is 0 Å².